The van der Waals surface area contributed by atoms with Crippen molar-refractivity contribution in [1.82, 2.24) is 0 Å². The second kappa shape index (κ2) is 7.11. The van der Waals surface area contributed by atoms with Gasteiger partial charge in [0.25, 0.3) is 0 Å². The maximum atomic E-state index is 13.4. The molecule has 0 aromatic carbocycles. The van der Waals surface area contributed by atoms with Crippen LogP contribution in [-0.4, -0.2) is 5.78 Å². The third-order valence-electron chi connectivity index (χ3n) is 7.13. The van der Waals surface area contributed by atoms with Crippen molar-refractivity contribution in [2.24, 2.45) is 23.7 Å². The predicted molar refractivity (Wildman–Crippen MR) is 111 cm³/mol. The fourth-order valence-electron chi connectivity index (χ4n) is 5.89. The fraction of sp³-hybridized carbons (Fsp3) is 0.423. The lowest BCUT2D eigenvalue weighted by molar-refractivity contribution is -0.119. The summed E-state index contributed by atoms with van der Waals surface area (Å²) in [5.41, 5.74) is 5.67. The molecule has 0 spiro atoms. The third-order valence-corrected chi connectivity index (χ3v) is 7.13. The Morgan fingerprint density at radius 3 is 2.48 bits per heavy atom. The number of carbonyl (C=O) groups excluding carboxylic acids is 1. The van der Waals surface area contributed by atoms with Gasteiger partial charge in [0.1, 0.15) is 0 Å². The van der Waals surface area contributed by atoms with E-state index in [0.29, 0.717) is 23.5 Å². The molecule has 5 aliphatic carbocycles. The molecule has 4 unspecified atom stereocenters. The van der Waals surface area contributed by atoms with E-state index in [0.717, 1.165) is 24.8 Å². The lowest BCUT2D eigenvalue weighted by Gasteiger charge is -2.35. The monoisotopic (exact) mass is 356 g/mol. The largest absolute Gasteiger partial charge is 0.294 e. The Labute approximate surface area is 162 Å². The Morgan fingerprint density at radius 2 is 1.74 bits per heavy atom. The van der Waals surface area contributed by atoms with E-state index in [4.69, 9.17) is 0 Å². The second-order valence-electron chi connectivity index (χ2n) is 8.68. The van der Waals surface area contributed by atoms with Gasteiger partial charge in [-0.1, -0.05) is 83.9 Å². The number of carbonyl (C=O) groups is 1. The van der Waals surface area contributed by atoms with Crippen molar-refractivity contribution in [3.63, 3.8) is 0 Å². The van der Waals surface area contributed by atoms with Crippen molar-refractivity contribution in [3.05, 3.63) is 83.1 Å². The van der Waals surface area contributed by atoms with Crippen molar-refractivity contribution in [2.75, 3.05) is 0 Å². The molecule has 1 fully saturated rings. The minimum absolute atomic E-state index is 0.0542. The highest BCUT2D eigenvalue weighted by atomic mass is 16.1. The van der Waals surface area contributed by atoms with E-state index in [9.17, 15) is 4.79 Å². The first-order valence-electron chi connectivity index (χ1n) is 10.6. The zero-order valence-corrected chi connectivity index (χ0v) is 15.9. The number of hydrogen-bond donors (Lipinski definition) is 0. The van der Waals surface area contributed by atoms with Crippen LogP contribution in [0, 0.1) is 23.7 Å². The number of ketones is 1. The van der Waals surface area contributed by atoms with Gasteiger partial charge >= 0.3 is 0 Å². The molecule has 4 atom stereocenters. The molecule has 0 heterocycles. The Kier molecular flexibility index (Phi) is 4.47. The van der Waals surface area contributed by atoms with Crippen LogP contribution in [0.4, 0.5) is 0 Å². The highest BCUT2D eigenvalue weighted by molar-refractivity contribution is 6.00. The van der Waals surface area contributed by atoms with Gasteiger partial charge in [0.05, 0.1) is 0 Å². The SMILES string of the molecule is O=C(C1=CC=CC1)C1C=C2C(CC3=CC=CC3)CCCC2C1C1=CC=CC1. The van der Waals surface area contributed by atoms with Crippen LogP contribution >= 0.6 is 0 Å². The second-order valence-corrected chi connectivity index (χ2v) is 8.68. The number of Topliss-reactive ketones (excluding diaryl/α,β-unsaturated/α-hetero) is 1. The molecule has 1 saturated carbocycles. The van der Waals surface area contributed by atoms with Crippen LogP contribution in [0.1, 0.15) is 44.9 Å². The lowest BCUT2D eigenvalue weighted by Crippen LogP contribution is -2.28. The summed E-state index contributed by atoms with van der Waals surface area (Å²) in [6.07, 6.45) is 30.1. The van der Waals surface area contributed by atoms with Gasteiger partial charge in [0.15, 0.2) is 5.78 Å². The van der Waals surface area contributed by atoms with E-state index >= 15 is 0 Å². The summed E-state index contributed by atoms with van der Waals surface area (Å²) in [6, 6.07) is 0. The molecule has 0 N–H and O–H groups in total. The molecule has 1 nitrogen and oxygen atoms in total. The molecule has 0 bridgehead atoms. The van der Waals surface area contributed by atoms with Gasteiger partial charge in [-0.05, 0) is 55.9 Å². The normalized spacial score (nSPS) is 33.8. The molecule has 0 aromatic heterocycles. The topological polar surface area (TPSA) is 17.1 Å². The zero-order chi connectivity index (χ0) is 18.2. The third kappa shape index (κ3) is 3.08. The van der Waals surface area contributed by atoms with Crippen LogP contribution < -0.4 is 0 Å². The van der Waals surface area contributed by atoms with E-state index < -0.39 is 0 Å². The minimum atomic E-state index is 0.0542. The summed E-state index contributed by atoms with van der Waals surface area (Å²) in [7, 11) is 0. The fourth-order valence-corrected chi connectivity index (χ4v) is 5.89. The quantitative estimate of drug-likeness (QED) is 0.537. The Morgan fingerprint density at radius 1 is 0.926 bits per heavy atom. The lowest BCUT2D eigenvalue weighted by atomic mass is 9.69. The molecule has 0 amide bonds. The smallest absolute Gasteiger partial charge is 0.166 e. The Hall–Kier alpha value is -2.15. The zero-order valence-electron chi connectivity index (χ0n) is 15.9. The van der Waals surface area contributed by atoms with Crippen LogP contribution in [-0.2, 0) is 4.79 Å². The molecule has 1 heteroatoms. The van der Waals surface area contributed by atoms with Gasteiger partial charge in [0, 0.05) is 11.8 Å². The van der Waals surface area contributed by atoms with Crippen LogP contribution in [0.25, 0.3) is 0 Å². The van der Waals surface area contributed by atoms with Crippen LogP contribution in [0.2, 0.25) is 0 Å². The van der Waals surface area contributed by atoms with Crippen LogP contribution in [0.5, 0.6) is 0 Å². The maximum Gasteiger partial charge on any atom is 0.166 e. The van der Waals surface area contributed by atoms with Gasteiger partial charge in [-0.25, -0.2) is 0 Å². The molecule has 0 radical (unpaired) electrons. The molecule has 0 aromatic rings. The van der Waals surface area contributed by atoms with E-state index in [1.165, 1.54) is 31.3 Å². The summed E-state index contributed by atoms with van der Waals surface area (Å²) >= 11 is 0. The molecule has 5 rings (SSSR count). The Balaban J connectivity index is 1.45. The molecular formula is C26H28O. The molecule has 138 valence electrons. The summed E-state index contributed by atoms with van der Waals surface area (Å²) in [5.74, 6) is 2.04. The van der Waals surface area contributed by atoms with Crippen molar-refractivity contribution >= 4 is 5.78 Å². The van der Waals surface area contributed by atoms with Crippen molar-refractivity contribution in [1.29, 1.82) is 0 Å². The van der Waals surface area contributed by atoms with E-state index in [-0.39, 0.29) is 5.92 Å². The van der Waals surface area contributed by atoms with Crippen molar-refractivity contribution in [2.45, 2.75) is 44.9 Å². The van der Waals surface area contributed by atoms with Gasteiger partial charge < -0.3 is 0 Å². The average molecular weight is 357 g/mol. The molecule has 27 heavy (non-hydrogen) atoms. The molecule has 0 aliphatic heterocycles. The summed E-state index contributed by atoms with van der Waals surface area (Å²) < 4.78 is 0. The number of rotatable bonds is 5. The van der Waals surface area contributed by atoms with Gasteiger partial charge in [0.2, 0.25) is 0 Å². The first-order chi connectivity index (χ1) is 13.3. The number of fused-ring (bicyclic) bond motifs is 1. The van der Waals surface area contributed by atoms with E-state index in [1.54, 1.807) is 11.1 Å². The molecule has 0 saturated heterocycles. The average Bonchev–Trinajstić information content (AvgIpc) is 3.48. The molecular weight excluding hydrogens is 328 g/mol. The predicted octanol–water partition coefficient (Wildman–Crippen LogP) is 6.19. The summed E-state index contributed by atoms with van der Waals surface area (Å²) in [5, 5.41) is 0. The molecule has 5 aliphatic rings. The minimum Gasteiger partial charge on any atom is -0.294 e. The van der Waals surface area contributed by atoms with E-state index in [2.05, 4.69) is 48.6 Å². The van der Waals surface area contributed by atoms with Crippen molar-refractivity contribution in [3.8, 4) is 0 Å². The standard InChI is InChI=1S/C26H28O/c27-26(20-12-5-6-13-20)24-17-23-21(16-18-8-1-2-9-18)14-7-15-22(23)25(24)19-10-3-4-11-19/h1-6,8,10,12,17,21-22,24-25H,7,9,11,13-16H2. The summed E-state index contributed by atoms with van der Waals surface area (Å²) in [4.78, 5) is 13.4. The van der Waals surface area contributed by atoms with Crippen molar-refractivity contribution < 1.29 is 4.79 Å². The first-order valence-corrected chi connectivity index (χ1v) is 10.6. The maximum absolute atomic E-state index is 13.4. The number of hydrogen-bond acceptors (Lipinski definition) is 1. The summed E-state index contributed by atoms with van der Waals surface area (Å²) in [6.45, 7) is 0. The highest BCUT2D eigenvalue weighted by Gasteiger charge is 2.46. The number of allylic oxidation sites excluding steroid dienone is 14. The Bertz CT molecular complexity index is 855. The van der Waals surface area contributed by atoms with Gasteiger partial charge in [-0.15, -0.1) is 0 Å². The first kappa shape index (κ1) is 17.0. The van der Waals surface area contributed by atoms with Crippen LogP contribution in [0.15, 0.2) is 83.1 Å². The van der Waals surface area contributed by atoms with Crippen LogP contribution in [0.3, 0.4) is 0 Å². The van der Waals surface area contributed by atoms with Gasteiger partial charge in [-0.3, -0.25) is 4.79 Å². The van der Waals surface area contributed by atoms with Gasteiger partial charge in [-0.2, -0.15) is 0 Å². The highest BCUT2D eigenvalue weighted by Crippen LogP contribution is 2.53. The van der Waals surface area contributed by atoms with E-state index in [1.807, 2.05) is 12.2 Å².